The van der Waals surface area contributed by atoms with E-state index in [2.05, 4.69) is 65.4 Å². The van der Waals surface area contributed by atoms with Crippen LogP contribution >= 0.6 is 15.9 Å². The maximum atomic E-state index is 6.16. The van der Waals surface area contributed by atoms with Gasteiger partial charge in [-0.1, -0.05) is 22.0 Å². The lowest BCUT2D eigenvalue weighted by molar-refractivity contribution is -0.0708. The second-order valence-corrected chi connectivity index (χ2v) is 10.5. The van der Waals surface area contributed by atoms with Gasteiger partial charge in [-0.3, -0.25) is 0 Å². The van der Waals surface area contributed by atoms with E-state index in [-0.39, 0.29) is 0 Å². The smallest absolute Gasteiger partial charge is 0.134 e. The molecule has 27 heavy (non-hydrogen) atoms. The van der Waals surface area contributed by atoms with E-state index < -0.39 is 0 Å². The Morgan fingerprint density at radius 3 is 2.37 bits per heavy atom. The van der Waals surface area contributed by atoms with Crippen molar-refractivity contribution in [2.75, 3.05) is 0 Å². The van der Waals surface area contributed by atoms with Crippen molar-refractivity contribution in [3.8, 4) is 11.3 Å². The highest BCUT2D eigenvalue weighted by Crippen LogP contribution is 2.61. The van der Waals surface area contributed by atoms with Crippen LogP contribution in [0.2, 0.25) is 0 Å². The molecule has 1 atom stereocenters. The Bertz CT molecular complexity index is 803. The molecule has 0 amide bonds. The number of halogens is 1. The van der Waals surface area contributed by atoms with Gasteiger partial charge in [0.2, 0.25) is 0 Å². The predicted molar refractivity (Wildman–Crippen MR) is 113 cm³/mol. The van der Waals surface area contributed by atoms with E-state index in [1.165, 1.54) is 44.1 Å². The van der Waals surface area contributed by atoms with Crippen LogP contribution in [-0.2, 0) is 6.54 Å². The Morgan fingerprint density at radius 2 is 1.74 bits per heavy atom. The molecule has 4 aliphatic rings. The summed E-state index contributed by atoms with van der Waals surface area (Å²) in [4.78, 5) is 0. The molecule has 0 radical (unpaired) electrons. The normalized spacial score (nSPS) is 32.8. The highest BCUT2D eigenvalue weighted by atomic mass is 79.9. The molecule has 1 N–H and O–H groups in total. The highest BCUT2D eigenvalue weighted by molar-refractivity contribution is 9.10. The third-order valence-corrected chi connectivity index (χ3v) is 8.58. The van der Waals surface area contributed by atoms with Gasteiger partial charge in [0, 0.05) is 16.1 Å². The summed E-state index contributed by atoms with van der Waals surface area (Å²) < 4.78 is 7.30. The van der Waals surface area contributed by atoms with Gasteiger partial charge in [-0.25, -0.2) is 0 Å². The van der Waals surface area contributed by atoms with E-state index in [0.29, 0.717) is 11.5 Å². The van der Waals surface area contributed by atoms with E-state index >= 15 is 0 Å². The molecular formula is C24H30BrNO. The van der Waals surface area contributed by atoms with Crippen LogP contribution in [0.4, 0.5) is 0 Å². The van der Waals surface area contributed by atoms with Crippen LogP contribution in [0.25, 0.3) is 11.3 Å². The summed E-state index contributed by atoms with van der Waals surface area (Å²) in [5.74, 6) is 5.04. The maximum absolute atomic E-state index is 6.16. The van der Waals surface area contributed by atoms with Crippen LogP contribution in [-0.4, -0.2) is 6.04 Å². The molecule has 2 aromatic rings. The Hall–Kier alpha value is -1.06. The SMILES string of the molecule is Cc1cc(-c2ccc(CNC(C)C34CC5CC(CC(C5)C3)C4)o2)ccc1Br. The van der Waals surface area contributed by atoms with Crippen LogP contribution in [0.15, 0.2) is 39.2 Å². The molecule has 1 heterocycles. The second-order valence-electron chi connectivity index (χ2n) is 9.61. The molecule has 4 bridgehead atoms. The fourth-order valence-electron chi connectivity index (χ4n) is 6.60. The van der Waals surface area contributed by atoms with E-state index in [0.717, 1.165) is 45.9 Å². The first-order valence-electron chi connectivity index (χ1n) is 10.6. The molecule has 1 aromatic carbocycles. The molecule has 4 aliphatic carbocycles. The largest absolute Gasteiger partial charge is 0.460 e. The third kappa shape index (κ3) is 3.31. The van der Waals surface area contributed by atoms with Gasteiger partial charge in [-0.2, -0.15) is 0 Å². The zero-order valence-corrected chi connectivity index (χ0v) is 18.0. The molecule has 2 nitrogen and oxygen atoms in total. The topological polar surface area (TPSA) is 25.2 Å². The molecule has 0 spiro atoms. The van der Waals surface area contributed by atoms with Crippen LogP contribution < -0.4 is 5.32 Å². The number of nitrogens with one attached hydrogen (secondary N) is 1. The Morgan fingerprint density at radius 1 is 1.07 bits per heavy atom. The van der Waals surface area contributed by atoms with Gasteiger partial charge >= 0.3 is 0 Å². The average molecular weight is 428 g/mol. The predicted octanol–water partition coefficient (Wildman–Crippen LogP) is 6.71. The van der Waals surface area contributed by atoms with Gasteiger partial charge in [0.1, 0.15) is 11.5 Å². The van der Waals surface area contributed by atoms with Crippen molar-refractivity contribution in [3.63, 3.8) is 0 Å². The number of benzene rings is 1. The molecule has 4 saturated carbocycles. The molecular weight excluding hydrogens is 398 g/mol. The van der Waals surface area contributed by atoms with Gasteiger partial charge in [0.15, 0.2) is 0 Å². The first-order chi connectivity index (χ1) is 13.0. The summed E-state index contributed by atoms with van der Waals surface area (Å²) in [5.41, 5.74) is 2.93. The van der Waals surface area contributed by atoms with Crippen LogP contribution in [0, 0.1) is 30.1 Å². The van der Waals surface area contributed by atoms with Crippen molar-refractivity contribution in [3.05, 3.63) is 46.1 Å². The zero-order valence-electron chi connectivity index (χ0n) is 16.4. The Balaban J connectivity index is 1.25. The van der Waals surface area contributed by atoms with Gasteiger partial charge in [0.25, 0.3) is 0 Å². The Kier molecular flexibility index (Phi) is 4.52. The molecule has 4 fully saturated rings. The summed E-state index contributed by atoms with van der Waals surface area (Å²) in [6.45, 7) is 5.37. The fourth-order valence-corrected chi connectivity index (χ4v) is 6.85. The van der Waals surface area contributed by atoms with Gasteiger partial charge in [0.05, 0.1) is 6.54 Å². The maximum Gasteiger partial charge on any atom is 0.134 e. The van der Waals surface area contributed by atoms with E-state index in [9.17, 15) is 0 Å². The lowest BCUT2D eigenvalue weighted by atomic mass is 9.48. The van der Waals surface area contributed by atoms with Gasteiger partial charge in [-0.05, 0) is 105 Å². The molecule has 1 unspecified atom stereocenters. The molecule has 3 heteroatoms. The standard InChI is InChI=1S/C24H30BrNO/c1-15-7-20(3-5-22(15)25)23-6-4-21(27-23)14-26-16(2)24-11-17-8-18(12-24)10-19(9-17)13-24/h3-7,16-19,26H,8-14H2,1-2H3. The number of furan rings is 1. The van der Waals surface area contributed by atoms with Crippen molar-refractivity contribution >= 4 is 15.9 Å². The summed E-state index contributed by atoms with van der Waals surface area (Å²) >= 11 is 3.57. The minimum Gasteiger partial charge on any atom is -0.460 e. The summed E-state index contributed by atoms with van der Waals surface area (Å²) in [6, 6.07) is 11.2. The lowest BCUT2D eigenvalue weighted by Gasteiger charge is -2.59. The number of rotatable bonds is 5. The average Bonchev–Trinajstić information content (AvgIpc) is 3.10. The first-order valence-corrected chi connectivity index (χ1v) is 11.4. The molecule has 6 rings (SSSR count). The van der Waals surface area contributed by atoms with Crippen molar-refractivity contribution in [1.82, 2.24) is 5.32 Å². The summed E-state index contributed by atoms with van der Waals surface area (Å²) in [6.07, 6.45) is 8.90. The molecule has 0 saturated heterocycles. The second kappa shape index (κ2) is 6.77. The van der Waals surface area contributed by atoms with Crippen LogP contribution in [0.3, 0.4) is 0 Å². The summed E-state index contributed by atoms with van der Waals surface area (Å²) in [5, 5.41) is 3.84. The summed E-state index contributed by atoms with van der Waals surface area (Å²) in [7, 11) is 0. The van der Waals surface area contributed by atoms with Gasteiger partial charge in [-0.15, -0.1) is 0 Å². The minimum atomic E-state index is 0.549. The molecule has 1 aromatic heterocycles. The zero-order chi connectivity index (χ0) is 18.6. The minimum absolute atomic E-state index is 0.549. The lowest BCUT2D eigenvalue weighted by Crippen LogP contribution is -2.54. The highest BCUT2D eigenvalue weighted by Gasteiger charge is 2.52. The number of hydrogen-bond acceptors (Lipinski definition) is 2. The number of aryl methyl sites for hydroxylation is 1. The van der Waals surface area contributed by atoms with Crippen LogP contribution in [0.1, 0.15) is 56.8 Å². The Labute approximate surface area is 171 Å². The third-order valence-electron chi connectivity index (χ3n) is 7.69. The molecule has 0 aliphatic heterocycles. The van der Waals surface area contributed by atoms with E-state index in [1.807, 2.05) is 0 Å². The first kappa shape index (κ1) is 18.0. The molecule has 144 valence electrons. The fraction of sp³-hybridized carbons (Fsp3) is 0.583. The van der Waals surface area contributed by atoms with Crippen molar-refractivity contribution in [1.29, 1.82) is 0 Å². The van der Waals surface area contributed by atoms with Crippen LogP contribution in [0.5, 0.6) is 0 Å². The quantitative estimate of drug-likeness (QED) is 0.573. The van der Waals surface area contributed by atoms with E-state index in [4.69, 9.17) is 4.42 Å². The van der Waals surface area contributed by atoms with Gasteiger partial charge < -0.3 is 9.73 Å². The van der Waals surface area contributed by atoms with Crippen molar-refractivity contribution in [2.24, 2.45) is 23.2 Å². The monoisotopic (exact) mass is 427 g/mol. The number of hydrogen-bond donors (Lipinski definition) is 1. The van der Waals surface area contributed by atoms with Crippen molar-refractivity contribution < 1.29 is 4.42 Å². The van der Waals surface area contributed by atoms with E-state index in [1.54, 1.807) is 0 Å². The van der Waals surface area contributed by atoms with Crippen molar-refractivity contribution in [2.45, 2.75) is 65.0 Å².